The van der Waals surface area contributed by atoms with E-state index in [9.17, 15) is 0 Å². The van der Waals surface area contributed by atoms with Crippen molar-refractivity contribution in [1.29, 1.82) is 0 Å². The molecule has 0 spiro atoms. The molecule has 96 valence electrons. The second-order valence-electron chi connectivity index (χ2n) is 5.28. The van der Waals surface area contributed by atoms with Crippen LogP contribution in [-0.2, 0) is 0 Å². The van der Waals surface area contributed by atoms with Crippen molar-refractivity contribution in [3.05, 3.63) is 0 Å². The first kappa shape index (κ1) is 13.9. The molecule has 0 aromatic heterocycles. The number of hydrogen-bond donors (Lipinski definition) is 2. The molecule has 2 fully saturated rings. The van der Waals surface area contributed by atoms with E-state index < -0.39 is 0 Å². The highest BCUT2D eigenvalue weighted by Crippen LogP contribution is 2.04. The molecule has 0 saturated carbocycles. The molecule has 0 atom stereocenters. The third-order valence-corrected chi connectivity index (χ3v) is 3.53. The van der Waals surface area contributed by atoms with Crippen molar-refractivity contribution < 1.29 is 0 Å². The smallest absolute Gasteiger partial charge is 0.00631 e. The van der Waals surface area contributed by atoms with Gasteiger partial charge in [-0.3, -0.25) is 0 Å². The molecule has 0 aromatic rings. The highest BCUT2D eigenvalue weighted by atomic mass is 15.1. The largest absolute Gasteiger partial charge is 0.328 e. The first-order valence-corrected chi connectivity index (χ1v) is 6.46. The molecule has 0 radical (unpaired) electrons. The molecule has 4 nitrogen and oxygen atoms in total. The van der Waals surface area contributed by atoms with Crippen LogP contribution in [0.1, 0.15) is 25.7 Å². The Morgan fingerprint density at radius 1 is 0.688 bits per heavy atom. The van der Waals surface area contributed by atoms with Gasteiger partial charge in [-0.15, -0.1) is 0 Å². The van der Waals surface area contributed by atoms with Crippen LogP contribution in [0, 0.1) is 0 Å². The van der Waals surface area contributed by atoms with E-state index in [0.29, 0.717) is 12.1 Å². The molecule has 4 heteroatoms. The van der Waals surface area contributed by atoms with Gasteiger partial charge in [0.2, 0.25) is 0 Å². The second-order valence-corrected chi connectivity index (χ2v) is 5.28. The normalized spacial score (nSPS) is 26.2. The molecule has 4 N–H and O–H groups in total. The van der Waals surface area contributed by atoms with E-state index in [-0.39, 0.29) is 0 Å². The first-order chi connectivity index (χ1) is 7.58. The fourth-order valence-corrected chi connectivity index (χ4v) is 2.06. The van der Waals surface area contributed by atoms with Crippen LogP contribution in [-0.4, -0.2) is 62.2 Å². The van der Waals surface area contributed by atoms with Crippen LogP contribution in [0.25, 0.3) is 0 Å². The average Bonchev–Trinajstić information content (AvgIpc) is 2.28. The van der Waals surface area contributed by atoms with E-state index in [2.05, 4.69) is 23.9 Å². The lowest BCUT2D eigenvalue weighted by Crippen LogP contribution is -2.37. The average molecular weight is 228 g/mol. The molecule has 2 heterocycles. The summed E-state index contributed by atoms with van der Waals surface area (Å²) in [7, 11) is 4.29. The van der Waals surface area contributed by atoms with Gasteiger partial charge >= 0.3 is 0 Å². The summed E-state index contributed by atoms with van der Waals surface area (Å²) in [5, 5.41) is 0. The SMILES string of the molecule is CN1CCC(N)CC1.CN1CCC(N)CC1. The summed E-state index contributed by atoms with van der Waals surface area (Å²) >= 11 is 0. The third-order valence-electron chi connectivity index (χ3n) is 3.53. The van der Waals surface area contributed by atoms with Crippen molar-refractivity contribution in [2.24, 2.45) is 11.5 Å². The van der Waals surface area contributed by atoms with E-state index in [1.165, 1.54) is 51.9 Å². The highest BCUT2D eigenvalue weighted by molar-refractivity contribution is 4.71. The fraction of sp³-hybridized carbons (Fsp3) is 1.00. The summed E-state index contributed by atoms with van der Waals surface area (Å²) < 4.78 is 0. The van der Waals surface area contributed by atoms with E-state index in [0.717, 1.165) is 0 Å². The van der Waals surface area contributed by atoms with Crippen LogP contribution in [0.2, 0.25) is 0 Å². The Labute approximate surface area is 99.9 Å². The van der Waals surface area contributed by atoms with Gasteiger partial charge in [0.15, 0.2) is 0 Å². The summed E-state index contributed by atoms with van der Waals surface area (Å²) in [5.41, 5.74) is 11.3. The Hall–Kier alpha value is -0.160. The van der Waals surface area contributed by atoms with Crippen LogP contribution in [0.15, 0.2) is 0 Å². The van der Waals surface area contributed by atoms with Crippen molar-refractivity contribution in [3.63, 3.8) is 0 Å². The Morgan fingerprint density at radius 2 is 0.938 bits per heavy atom. The van der Waals surface area contributed by atoms with Gasteiger partial charge in [0, 0.05) is 12.1 Å². The lowest BCUT2D eigenvalue weighted by Gasteiger charge is -2.25. The molecule has 0 aromatic carbocycles. The molecule has 2 aliphatic heterocycles. The zero-order valence-electron chi connectivity index (χ0n) is 10.9. The maximum Gasteiger partial charge on any atom is 0.00631 e. The molecule has 2 saturated heterocycles. The van der Waals surface area contributed by atoms with E-state index in [1.54, 1.807) is 0 Å². The zero-order valence-corrected chi connectivity index (χ0v) is 10.9. The summed E-state index contributed by atoms with van der Waals surface area (Å²) in [6.45, 7) is 4.73. The van der Waals surface area contributed by atoms with Gasteiger partial charge < -0.3 is 21.3 Å². The second kappa shape index (κ2) is 7.22. The van der Waals surface area contributed by atoms with Crippen molar-refractivity contribution in [1.82, 2.24) is 9.80 Å². The molecule has 2 rings (SSSR count). The molecule has 0 aliphatic carbocycles. The van der Waals surface area contributed by atoms with Crippen molar-refractivity contribution in [2.45, 2.75) is 37.8 Å². The van der Waals surface area contributed by atoms with Crippen LogP contribution in [0.3, 0.4) is 0 Å². The molecular formula is C12H28N4. The standard InChI is InChI=1S/2C6H14N2/c2*1-8-4-2-6(7)3-5-8/h2*6H,2-5,7H2,1H3. The minimum atomic E-state index is 0.478. The van der Waals surface area contributed by atoms with Gasteiger partial charge in [-0.25, -0.2) is 0 Å². The van der Waals surface area contributed by atoms with Crippen molar-refractivity contribution in [2.75, 3.05) is 40.3 Å². The fourth-order valence-electron chi connectivity index (χ4n) is 2.06. The Balaban J connectivity index is 0.000000160. The molecule has 0 unspecified atom stereocenters. The predicted molar refractivity (Wildman–Crippen MR) is 69.4 cm³/mol. The van der Waals surface area contributed by atoms with E-state index in [1.807, 2.05) is 0 Å². The van der Waals surface area contributed by atoms with Gasteiger partial charge in [-0.05, 0) is 66.0 Å². The van der Waals surface area contributed by atoms with Crippen LogP contribution >= 0.6 is 0 Å². The lowest BCUT2D eigenvalue weighted by molar-refractivity contribution is 0.256. The number of hydrogen-bond acceptors (Lipinski definition) is 4. The summed E-state index contributed by atoms with van der Waals surface area (Å²) in [6, 6.07) is 0.956. The zero-order chi connectivity index (χ0) is 12.0. The predicted octanol–water partition coefficient (Wildman–Crippen LogP) is 0.0786. The number of nitrogens with zero attached hydrogens (tertiary/aromatic N) is 2. The van der Waals surface area contributed by atoms with E-state index >= 15 is 0 Å². The van der Waals surface area contributed by atoms with Crippen LogP contribution < -0.4 is 11.5 Å². The van der Waals surface area contributed by atoms with Crippen molar-refractivity contribution in [3.8, 4) is 0 Å². The summed E-state index contributed by atoms with van der Waals surface area (Å²) in [4.78, 5) is 4.65. The van der Waals surface area contributed by atoms with E-state index in [4.69, 9.17) is 11.5 Å². The molecule has 0 amide bonds. The molecule has 16 heavy (non-hydrogen) atoms. The van der Waals surface area contributed by atoms with Crippen molar-refractivity contribution >= 4 is 0 Å². The Kier molecular flexibility index (Phi) is 6.28. The first-order valence-electron chi connectivity index (χ1n) is 6.46. The Bertz CT molecular complexity index is 130. The Morgan fingerprint density at radius 3 is 1.12 bits per heavy atom. The quantitative estimate of drug-likeness (QED) is 0.616. The van der Waals surface area contributed by atoms with Gasteiger partial charge in [-0.1, -0.05) is 0 Å². The summed E-state index contributed by atoms with van der Waals surface area (Å²) in [5.74, 6) is 0. The maximum absolute atomic E-state index is 5.67. The number of likely N-dealkylation sites (tertiary alicyclic amines) is 2. The highest BCUT2D eigenvalue weighted by Gasteiger charge is 2.11. The number of piperidine rings is 2. The van der Waals surface area contributed by atoms with Crippen LogP contribution in [0.4, 0.5) is 0 Å². The number of rotatable bonds is 0. The van der Waals surface area contributed by atoms with Gasteiger partial charge in [0.1, 0.15) is 0 Å². The molecule has 0 bridgehead atoms. The minimum Gasteiger partial charge on any atom is -0.328 e. The monoisotopic (exact) mass is 228 g/mol. The number of nitrogens with two attached hydrogens (primary N) is 2. The topological polar surface area (TPSA) is 58.5 Å². The van der Waals surface area contributed by atoms with Crippen LogP contribution in [0.5, 0.6) is 0 Å². The summed E-state index contributed by atoms with van der Waals surface area (Å²) in [6.07, 6.45) is 4.71. The minimum absolute atomic E-state index is 0.478. The molecular weight excluding hydrogens is 200 g/mol. The van der Waals surface area contributed by atoms with Gasteiger partial charge in [0.05, 0.1) is 0 Å². The lowest BCUT2D eigenvalue weighted by atomic mass is 10.1. The van der Waals surface area contributed by atoms with Gasteiger partial charge in [0.25, 0.3) is 0 Å². The maximum atomic E-state index is 5.67. The molecule has 2 aliphatic rings. The third kappa shape index (κ3) is 5.80. The van der Waals surface area contributed by atoms with Gasteiger partial charge in [-0.2, -0.15) is 0 Å².